The van der Waals surface area contributed by atoms with Gasteiger partial charge in [-0.2, -0.15) is 0 Å². The molecular formula is C9H7BrF2O. The van der Waals surface area contributed by atoms with Gasteiger partial charge in [-0.25, -0.2) is 8.78 Å². The molecule has 0 aliphatic heterocycles. The third-order valence-electron chi connectivity index (χ3n) is 1.70. The lowest BCUT2D eigenvalue weighted by Crippen LogP contribution is -2.02. The van der Waals surface area contributed by atoms with Crippen LogP contribution in [-0.4, -0.2) is 6.29 Å². The number of halogens is 3. The zero-order chi connectivity index (χ0) is 10.0. The molecule has 1 aromatic rings. The molecule has 0 fully saturated rings. The van der Waals surface area contributed by atoms with Crippen LogP contribution in [0.25, 0.3) is 0 Å². The van der Waals surface area contributed by atoms with Crippen molar-refractivity contribution in [3.8, 4) is 0 Å². The summed E-state index contributed by atoms with van der Waals surface area (Å²) in [6.45, 7) is 1.45. The van der Waals surface area contributed by atoms with Crippen molar-refractivity contribution in [2.45, 2.75) is 12.8 Å². The SMILES string of the molecule is CC(C=O)c1c(F)cc(Br)cc1F. The molecule has 0 saturated carbocycles. The minimum absolute atomic E-state index is 0.182. The smallest absolute Gasteiger partial charge is 0.131 e. The van der Waals surface area contributed by atoms with Crippen LogP contribution in [0.15, 0.2) is 16.6 Å². The highest BCUT2D eigenvalue weighted by Gasteiger charge is 2.16. The Bertz CT molecular complexity index is 315. The first-order valence-electron chi connectivity index (χ1n) is 3.66. The van der Waals surface area contributed by atoms with Crippen LogP contribution in [0.2, 0.25) is 0 Å². The predicted octanol–water partition coefficient (Wildman–Crippen LogP) is 3.03. The summed E-state index contributed by atoms with van der Waals surface area (Å²) >= 11 is 2.95. The number of benzene rings is 1. The molecule has 1 unspecified atom stereocenters. The maximum absolute atomic E-state index is 13.1. The standard InChI is InChI=1S/C9H7BrF2O/c1-5(4-13)9-7(11)2-6(10)3-8(9)12/h2-5H,1H3. The maximum atomic E-state index is 13.1. The summed E-state index contributed by atoms with van der Waals surface area (Å²) < 4.78 is 26.6. The normalized spacial score (nSPS) is 12.6. The fourth-order valence-corrected chi connectivity index (χ4v) is 1.46. The molecule has 0 aliphatic rings. The van der Waals surface area contributed by atoms with Crippen LogP contribution in [-0.2, 0) is 4.79 Å². The molecule has 0 N–H and O–H groups in total. The van der Waals surface area contributed by atoms with Crippen LogP contribution in [0.4, 0.5) is 8.78 Å². The summed E-state index contributed by atoms with van der Waals surface area (Å²) in [7, 11) is 0. The number of rotatable bonds is 2. The van der Waals surface area contributed by atoms with Crippen molar-refractivity contribution in [3.63, 3.8) is 0 Å². The van der Waals surface area contributed by atoms with Crippen molar-refractivity contribution >= 4 is 22.2 Å². The van der Waals surface area contributed by atoms with Gasteiger partial charge < -0.3 is 4.79 Å². The molecule has 1 atom stereocenters. The predicted molar refractivity (Wildman–Crippen MR) is 48.5 cm³/mol. The number of hydrogen-bond donors (Lipinski definition) is 0. The fraction of sp³-hybridized carbons (Fsp3) is 0.222. The van der Waals surface area contributed by atoms with E-state index < -0.39 is 17.6 Å². The largest absolute Gasteiger partial charge is 0.303 e. The summed E-state index contributed by atoms with van der Waals surface area (Å²) in [5.74, 6) is -2.16. The average Bonchev–Trinajstić information content (AvgIpc) is 2.02. The summed E-state index contributed by atoms with van der Waals surface area (Å²) in [5.41, 5.74) is -0.182. The molecule has 1 rings (SSSR count). The lowest BCUT2D eigenvalue weighted by atomic mass is 10.0. The van der Waals surface area contributed by atoms with E-state index in [1.807, 2.05) is 0 Å². The molecule has 4 heteroatoms. The average molecular weight is 249 g/mol. The fourth-order valence-electron chi connectivity index (χ4n) is 1.06. The maximum Gasteiger partial charge on any atom is 0.131 e. The van der Waals surface area contributed by atoms with Gasteiger partial charge in [-0.3, -0.25) is 0 Å². The van der Waals surface area contributed by atoms with E-state index in [4.69, 9.17) is 0 Å². The van der Waals surface area contributed by atoms with E-state index in [-0.39, 0.29) is 5.56 Å². The van der Waals surface area contributed by atoms with E-state index in [1.165, 1.54) is 6.92 Å². The number of carbonyl (C=O) groups excluding carboxylic acids is 1. The lowest BCUT2D eigenvalue weighted by molar-refractivity contribution is -0.108. The van der Waals surface area contributed by atoms with Crippen molar-refractivity contribution in [3.05, 3.63) is 33.8 Å². The van der Waals surface area contributed by atoms with E-state index in [1.54, 1.807) is 0 Å². The highest BCUT2D eigenvalue weighted by molar-refractivity contribution is 9.10. The van der Waals surface area contributed by atoms with Crippen LogP contribution >= 0.6 is 15.9 Å². The zero-order valence-electron chi connectivity index (χ0n) is 6.85. The second-order valence-electron chi connectivity index (χ2n) is 2.71. The highest BCUT2D eigenvalue weighted by Crippen LogP contribution is 2.24. The van der Waals surface area contributed by atoms with E-state index >= 15 is 0 Å². The Balaban J connectivity index is 3.28. The minimum atomic E-state index is -0.756. The molecular weight excluding hydrogens is 242 g/mol. The second kappa shape index (κ2) is 3.96. The van der Waals surface area contributed by atoms with Crippen molar-refractivity contribution in [1.29, 1.82) is 0 Å². The molecule has 0 bridgehead atoms. The summed E-state index contributed by atoms with van der Waals surface area (Å²) in [4.78, 5) is 10.3. The molecule has 1 aromatic carbocycles. The summed E-state index contributed by atoms with van der Waals surface area (Å²) in [6, 6.07) is 2.27. The van der Waals surface area contributed by atoms with Gasteiger partial charge in [0.25, 0.3) is 0 Å². The van der Waals surface area contributed by atoms with Gasteiger partial charge in [0, 0.05) is 16.0 Å². The molecule has 70 valence electrons. The summed E-state index contributed by atoms with van der Waals surface area (Å²) in [5, 5.41) is 0. The molecule has 1 nitrogen and oxygen atoms in total. The topological polar surface area (TPSA) is 17.1 Å². The van der Waals surface area contributed by atoms with Crippen LogP contribution in [0.3, 0.4) is 0 Å². The third kappa shape index (κ3) is 2.12. The lowest BCUT2D eigenvalue weighted by Gasteiger charge is -2.07. The molecule has 0 spiro atoms. The van der Waals surface area contributed by atoms with E-state index in [0.717, 1.165) is 12.1 Å². The van der Waals surface area contributed by atoms with Crippen LogP contribution in [0, 0.1) is 11.6 Å². The molecule has 0 amide bonds. The number of aldehydes is 1. The van der Waals surface area contributed by atoms with Crippen molar-refractivity contribution in [1.82, 2.24) is 0 Å². The van der Waals surface area contributed by atoms with E-state index in [0.29, 0.717) is 10.8 Å². The van der Waals surface area contributed by atoms with Crippen LogP contribution in [0.5, 0.6) is 0 Å². The Labute approximate surface area is 82.9 Å². The van der Waals surface area contributed by atoms with Crippen LogP contribution in [0.1, 0.15) is 18.4 Å². The van der Waals surface area contributed by atoms with Crippen LogP contribution < -0.4 is 0 Å². The molecule has 0 heterocycles. The first-order valence-corrected chi connectivity index (χ1v) is 4.45. The quantitative estimate of drug-likeness (QED) is 0.736. The Kier molecular flexibility index (Phi) is 3.14. The Morgan fingerprint density at radius 3 is 2.23 bits per heavy atom. The van der Waals surface area contributed by atoms with Gasteiger partial charge in [-0.1, -0.05) is 22.9 Å². The van der Waals surface area contributed by atoms with Gasteiger partial charge in [-0.05, 0) is 12.1 Å². The Hall–Kier alpha value is -0.770. The third-order valence-corrected chi connectivity index (χ3v) is 2.16. The van der Waals surface area contributed by atoms with Gasteiger partial charge in [0.2, 0.25) is 0 Å². The number of hydrogen-bond acceptors (Lipinski definition) is 1. The second-order valence-corrected chi connectivity index (χ2v) is 3.62. The molecule has 0 aliphatic carbocycles. The van der Waals surface area contributed by atoms with E-state index in [2.05, 4.69) is 15.9 Å². The van der Waals surface area contributed by atoms with E-state index in [9.17, 15) is 13.6 Å². The number of carbonyl (C=O) groups is 1. The Morgan fingerprint density at radius 2 is 1.85 bits per heavy atom. The molecule has 0 radical (unpaired) electrons. The van der Waals surface area contributed by atoms with Crippen molar-refractivity contribution in [2.75, 3.05) is 0 Å². The van der Waals surface area contributed by atoms with Crippen molar-refractivity contribution in [2.24, 2.45) is 0 Å². The molecule has 0 aromatic heterocycles. The minimum Gasteiger partial charge on any atom is -0.303 e. The highest BCUT2D eigenvalue weighted by atomic mass is 79.9. The van der Waals surface area contributed by atoms with Gasteiger partial charge >= 0.3 is 0 Å². The molecule has 0 saturated heterocycles. The Morgan fingerprint density at radius 1 is 1.38 bits per heavy atom. The van der Waals surface area contributed by atoms with Gasteiger partial charge in [0.1, 0.15) is 17.9 Å². The summed E-state index contributed by atoms with van der Waals surface area (Å²) in [6.07, 6.45) is 0.509. The zero-order valence-corrected chi connectivity index (χ0v) is 8.44. The first kappa shape index (κ1) is 10.3. The molecule has 13 heavy (non-hydrogen) atoms. The first-order chi connectivity index (χ1) is 6.06. The van der Waals surface area contributed by atoms with Gasteiger partial charge in [0.05, 0.1) is 0 Å². The van der Waals surface area contributed by atoms with Gasteiger partial charge in [0.15, 0.2) is 0 Å². The van der Waals surface area contributed by atoms with Gasteiger partial charge in [-0.15, -0.1) is 0 Å². The van der Waals surface area contributed by atoms with Crippen molar-refractivity contribution < 1.29 is 13.6 Å². The monoisotopic (exact) mass is 248 g/mol.